The molecule has 28 heavy (non-hydrogen) atoms. The summed E-state index contributed by atoms with van der Waals surface area (Å²) in [4.78, 5) is 23.8. The molecule has 8 nitrogen and oxygen atoms in total. The summed E-state index contributed by atoms with van der Waals surface area (Å²) >= 11 is 6.17. The molecule has 10 heteroatoms. The number of primary sulfonamides is 1. The van der Waals surface area contributed by atoms with Gasteiger partial charge in [-0.15, -0.1) is 0 Å². The minimum atomic E-state index is -4.04. The van der Waals surface area contributed by atoms with Crippen molar-refractivity contribution in [2.24, 2.45) is 5.14 Å². The molecule has 2 amide bonds. The van der Waals surface area contributed by atoms with Crippen LogP contribution < -0.4 is 20.5 Å². The fourth-order valence-corrected chi connectivity index (χ4v) is 3.61. The van der Waals surface area contributed by atoms with Gasteiger partial charge in [0.15, 0.2) is 0 Å². The first kappa shape index (κ1) is 21.7. The Bertz CT molecular complexity index is 994. The van der Waals surface area contributed by atoms with E-state index in [1.165, 1.54) is 32.2 Å². The number of anilines is 1. The van der Waals surface area contributed by atoms with Crippen LogP contribution in [0.2, 0.25) is 5.02 Å². The lowest BCUT2D eigenvalue weighted by atomic mass is 10.0. The summed E-state index contributed by atoms with van der Waals surface area (Å²) in [6.07, 6.45) is -0.111. The second kappa shape index (κ2) is 9.05. The minimum absolute atomic E-state index is 0.0627. The van der Waals surface area contributed by atoms with Gasteiger partial charge in [0.1, 0.15) is 10.6 Å². The molecule has 0 aliphatic heterocycles. The molecule has 0 bridgehead atoms. The topological polar surface area (TPSA) is 128 Å². The molecule has 2 aromatic rings. The van der Waals surface area contributed by atoms with E-state index in [9.17, 15) is 18.0 Å². The van der Waals surface area contributed by atoms with Gasteiger partial charge in [-0.25, -0.2) is 13.6 Å². The second-order valence-electron chi connectivity index (χ2n) is 5.94. The van der Waals surface area contributed by atoms with Gasteiger partial charge < -0.3 is 15.4 Å². The van der Waals surface area contributed by atoms with Crippen molar-refractivity contribution in [3.8, 4) is 5.75 Å². The van der Waals surface area contributed by atoms with Gasteiger partial charge in [0.25, 0.3) is 0 Å². The number of halogens is 1. The van der Waals surface area contributed by atoms with E-state index < -0.39 is 22.0 Å². The van der Waals surface area contributed by atoms with E-state index in [0.29, 0.717) is 10.6 Å². The van der Waals surface area contributed by atoms with Gasteiger partial charge in [0, 0.05) is 17.6 Å². The largest absolute Gasteiger partial charge is 0.495 e. The molecular formula is C18H20ClN3O5S. The highest BCUT2D eigenvalue weighted by Gasteiger charge is 2.21. The van der Waals surface area contributed by atoms with Crippen LogP contribution in [0.5, 0.6) is 5.75 Å². The van der Waals surface area contributed by atoms with Crippen LogP contribution in [0.15, 0.2) is 47.4 Å². The minimum Gasteiger partial charge on any atom is -0.495 e. The summed E-state index contributed by atoms with van der Waals surface area (Å²) in [7, 11) is -2.73. The molecule has 0 spiro atoms. The lowest BCUT2D eigenvalue weighted by Crippen LogP contribution is -2.30. The standard InChI is InChI=1S/C18H20ClN3O5S/c1-11(23)21-15(13-5-3-4-6-14(13)19)10-18(24)22-12-7-8-16(27-2)17(9-12)28(20,25)26/h3-9,15H,10H2,1-2H3,(H,21,23)(H,22,24)(H2,20,25,26)/t15-/m0/s1. The lowest BCUT2D eigenvalue weighted by Gasteiger charge is -2.19. The summed E-state index contributed by atoms with van der Waals surface area (Å²) in [6.45, 7) is 1.34. The van der Waals surface area contributed by atoms with Crippen LogP contribution in [-0.2, 0) is 19.6 Å². The summed E-state index contributed by atoms with van der Waals surface area (Å²) in [5.41, 5.74) is 0.810. The van der Waals surface area contributed by atoms with Crippen molar-refractivity contribution in [1.82, 2.24) is 5.32 Å². The third kappa shape index (κ3) is 5.69. The molecule has 0 aromatic heterocycles. The zero-order chi connectivity index (χ0) is 20.9. The monoisotopic (exact) mass is 425 g/mol. The summed E-state index contributed by atoms with van der Waals surface area (Å²) in [6, 6.07) is 10.3. The predicted molar refractivity (Wildman–Crippen MR) is 106 cm³/mol. The van der Waals surface area contributed by atoms with Crippen molar-refractivity contribution in [3.63, 3.8) is 0 Å². The average Bonchev–Trinajstić information content (AvgIpc) is 2.60. The molecular weight excluding hydrogens is 406 g/mol. The number of nitrogens with one attached hydrogen (secondary N) is 2. The fourth-order valence-electron chi connectivity index (χ4n) is 2.62. The Morgan fingerprint density at radius 1 is 1.21 bits per heavy atom. The fraction of sp³-hybridized carbons (Fsp3) is 0.222. The Hall–Kier alpha value is -2.62. The molecule has 0 radical (unpaired) electrons. The number of methoxy groups -OCH3 is 1. The number of rotatable bonds is 7. The Balaban J connectivity index is 2.23. The number of carbonyl (C=O) groups is 2. The number of carbonyl (C=O) groups excluding carboxylic acids is 2. The molecule has 0 fully saturated rings. The van der Waals surface area contributed by atoms with Crippen molar-refractivity contribution in [2.45, 2.75) is 24.3 Å². The number of benzene rings is 2. The zero-order valence-electron chi connectivity index (χ0n) is 15.2. The van der Waals surface area contributed by atoms with Gasteiger partial charge in [0.2, 0.25) is 21.8 Å². The SMILES string of the molecule is COc1ccc(NC(=O)C[C@H](NC(C)=O)c2ccccc2Cl)cc1S(N)(=O)=O. The van der Waals surface area contributed by atoms with E-state index in [-0.39, 0.29) is 28.7 Å². The van der Waals surface area contributed by atoms with Gasteiger partial charge in [0.05, 0.1) is 19.6 Å². The Kier molecular flexibility index (Phi) is 7.00. The number of hydrogen-bond donors (Lipinski definition) is 3. The first-order chi connectivity index (χ1) is 13.1. The quantitative estimate of drug-likeness (QED) is 0.626. The third-order valence-corrected chi connectivity index (χ3v) is 5.08. The van der Waals surface area contributed by atoms with E-state index in [0.717, 1.165) is 0 Å². The molecule has 150 valence electrons. The Morgan fingerprint density at radius 2 is 1.89 bits per heavy atom. The molecule has 0 aliphatic carbocycles. The number of amides is 2. The molecule has 0 aliphatic rings. The zero-order valence-corrected chi connectivity index (χ0v) is 16.8. The maximum atomic E-state index is 12.5. The smallest absolute Gasteiger partial charge is 0.241 e. The molecule has 4 N–H and O–H groups in total. The van der Waals surface area contributed by atoms with E-state index in [1.807, 2.05) is 0 Å². The van der Waals surface area contributed by atoms with E-state index in [1.54, 1.807) is 24.3 Å². The molecule has 0 heterocycles. The van der Waals surface area contributed by atoms with Crippen LogP contribution in [0, 0.1) is 0 Å². The molecule has 0 saturated carbocycles. The summed E-state index contributed by atoms with van der Waals surface area (Å²) in [5.74, 6) is -0.712. The molecule has 2 rings (SSSR count). The predicted octanol–water partition coefficient (Wildman–Crippen LogP) is 2.20. The van der Waals surface area contributed by atoms with E-state index in [4.69, 9.17) is 21.5 Å². The lowest BCUT2D eigenvalue weighted by molar-refractivity contribution is -0.120. The van der Waals surface area contributed by atoms with Gasteiger partial charge in [-0.2, -0.15) is 0 Å². The van der Waals surface area contributed by atoms with Crippen molar-refractivity contribution in [1.29, 1.82) is 0 Å². The average molecular weight is 426 g/mol. The van der Waals surface area contributed by atoms with E-state index >= 15 is 0 Å². The molecule has 0 unspecified atom stereocenters. The Morgan fingerprint density at radius 3 is 2.46 bits per heavy atom. The summed E-state index contributed by atoms with van der Waals surface area (Å²) in [5, 5.41) is 10.9. The van der Waals surface area contributed by atoms with Gasteiger partial charge in [-0.05, 0) is 29.8 Å². The number of ether oxygens (including phenoxy) is 1. The van der Waals surface area contributed by atoms with Crippen LogP contribution in [0.1, 0.15) is 24.9 Å². The second-order valence-corrected chi connectivity index (χ2v) is 7.87. The number of nitrogens with two attached hydrogens (primary N) is 1. The molecule has 2 aromatic carbocycles. The van der Waals surface area contributed by atoms with E-state index in [2.05, 4.69) is 10.6 Å². The number of hydrogen-bond acceptors (Lipinski definition) is 5. The van der Waals surface area contributed by atoms with Crippen LogP contribution >= 0.6 is 11.6 Å². The normalized spacial score (nSPS) is 12.1. The van der Waals surface area contributed by atoms with Crippen molar-refractivity contribution >= 4 is 39.1 Å². The summed E-state index contributed by atoms with van der Waals surface area (Å²) < 4.78 is 28.4. The van der Waals surface area contributed by atoms with Gasteiger partial charge >= 0.3 is 0 Å². The third-order valence-electron chi connectivity index (χ3n) is 3.80. The maximum absolute atomic E-state index is 12.5. The highest BCUT2D eigenvalue weighted by Crippen LogP contribution is 2.28. The van der Waals surface area contributed by atoms with Gasteiger partial charge in [-0.3, -0.25) is 9.59 Å². The highest BCUT2D eigenvalue weighted by molar-refractivity contribution is 7.89. The number of sulfonamides is 1. The van der Waals surface area contributed by atoms with Gasteiger partial charge in [-0.1, -0.05) is 29.8 Å². The van der Waals surface area contributed by atoms with Crippen molar-refractivity contribution in [2.75, 3.05) is 12.4 Å². The van der Waals surface area contributed by atoms with Crippen molar-refractivity contribution < 1.29 is 22.7 Å². The molecule has 1 atom stereocenters. The maximum Gasteiger partial charge on any atom is 0.241 e. The first-order valence-corrected chi connectivity index (χ1v) is 10.1. The van der Waals surface area contributed by atoms with Crippen LogP contribution in [0.3, 0.4) is 0 Å². The van der Waals surface area contributed by atoms with Crippen LogP contribution in [0.25, 0.3) is 0 Å². The Labute approximate surface area is 168 Å². The first-order valence-electron chi connectivity index (χ1n) is 8.14. The van der Waals surface area contributed by atoms with Crippen LogP contribution in [-0.4, -0.2) is 27.3 Å². The van der Waals surface area contributed by atoms with Crippen molar-refractivity contribution in [3.05, 3.63) is 53.1 Å². The van der Waals surface area contributed by atoms with Crippen LogP contribution in [0.4, 0.5) is 5.69 Å². The highest BCUT2D eigenvalue weighted by atomic mass is 35.5. The molecule has 0 saturated heterocycles.